The second-order valence-electron chi connectivity index (χ2n) is 10.5. The van der Waals surface area contributed by atoms with Crippen LogP contribution in [0.4, 0.5) is 5.69 Å². The van der Waals surface area contributed by atoms with Crippen molar-refractivity contribution in [2.45, 2.75) is 31.5 Å². The van der Waals surface area contributed by atoms with E-state index >= 15 is 0 Å². The summed E-state index contributed by atoms with van der Waals surface area (Å²) in [4.78, 5) is 43.0. The molecule has 0 saturated heterocycles. The first-order valence-corrected chi connectivity index (χ1v) is 16.0. The first-order chi connectivity index (χ1) is 22.5. The van der Waals surface area contributed by atoms with E-state index in [1.54, 1.807) is 79.7 Å². The average Bonchev–Trinajstić information content (AvgIpc) is 3.06. The van der Waals surface area contributed by atoms with Gasteiger partial charge in [-0.25, -0.2) is 17.5 Å². The number of carbonyl (C=O) groups excluding carboxylic acids is 3. The quantitative estimate of drug-likeness (QED) is 0.0718. The average molecular weight is 653 g/mol. The number of para-hydroxylation sites is 1. The second kappa shape index (κ2) is 13.7. The third-order valence-electron chi connectivity index (χ3n) is 7.30. The molecule has 12 nitrogen and oxygen atoms in total. The number of nitrogens with zero attached hydrogens (tertiary/aromatic N) is 2. The number of aromatic nitrogens is 1. The van der Waals surface area contributed by atoms with Crippen molar-refractivity contribution < 1.29 is 27.5 Å². The number of hydrogen-bond donors (Lipinski definition) is 4. The van der Waals surface area contributed by atoms with Crippen LogP contribution >= 0.6 is 0 Å². The van der Waals surface area contributed by atoms with Crippen molar-refractivity contribution in [3.63, 3.8) is 0 Å². The first-order valence-electron chi connectivity index (χ1n) is 14.6. The summed E-state index contributed by atoms with van der Waals surface area (Å²) in [7, 11) is -4.58. The topological polar surface area (TPSA) is 185 Å². The highest BCUT2D eigenvalue weighted by molar-refractivity contribution is 7.93. The number of esters is 1. The van der Waals surface area contributed by atoms with Gasteiger partial charge in [0.2, 0.25) is 12.1 Å². The summed E-state index contributed by atoms with van der Waals surface area (Å²) >= 11 is 0. The molecule has 5 N–H and O–H groups in total. The van der Waals surface area contributed by atoms with Gasteiger partial charge < -0.3 is 21.1 Å². The van der Waals surface area contributed by atoms with Gasteiger partial charge in [0.05, 0.1) is 17.8 Å². The minimum atomic E-state index is -4.58. The number of rotatable bonds is 11. The van der Waals surface area contributed by atoms with Crippen molar-refractivity contribution in [2.24, 2.45) is 5.73 Å². The fourth-order valence-corrected chi connectivity index (χ4v) is 6.81. The zero-order chi connectivity index (χ0) is 33.7. The number of sulfonamides is 1. The molecule has 0 fully saturated rings. The second-order valence-corrected chi connectivity index (χ2v) is 12.3. The summed E-state index contributed by atoms with van der Waals surface area (Å²) in [6, 6.07) is 24.6. The molecule has 0 saturated carbocycles. The molecule has 0 bridgehead atoms. The number of fused-ring (bicyclic) bond motifs is 2. The van der Waals surface area contributed by atoms with E-state index in [9.17, 15) is 22.8 Å². The number of carbonyl (C=O) groups is 3. The molecule has 1 aromatic heterocycles. The number of hydrogen-bond acceptors (Lipinski definition) is 8. The molecule has 5 rings (SSSR count). The van der Waals surface area contributed by atoms with E-state index in [0.717, 1.165) is 9.87 Å². The number of ether oxygens (including phenoxy) is 1. The maximum atomic E-state index is 14.5. The number of nitrogens with two attached hydrogens (primary N) is 1. The minimum Gasteiger partial charge on any atom is -0.463 e. The van der Waals surface area contributed by atoms with Gasteiger partial charge in [-0.1, -0.05) is 60.7 Å². The zero-order valence-corrected chi connectivity index (χ0v) is 26.4. The van der Waals surface area contributed by atoms with Crippen molar-refractivity contribution in [3.8, 4) is 0 Å². The number of benzene rings is 4. The van der Waals surface area contributed by atoms with Crippen LogP contribution in [0.1, 0.15) is 35.3 Å². The summed E-state index contributed by atoms with van der Waals surface area (Å²) in [5.41, 5.74) is 7.45. The van der Waals surface area contributed by atoms with Gasteiger partial charge in [0.25, 0.3) is 15.9 Å². The highest BCUT2D eigenvalue weighted by Gasteiger charge is 2.39. The van der Waals surface area contributed by atoms with E-state index in [1.165, 1.54) is 31.3 Å². The Balaban J connectivity index is 1.57. The van der Waals surface area contributed by atoms with Crippen LogP contribution < -0.4 is 20.7 Å². The highest BCUT2D eigenvalue weighted by Crippen LogP contribution is 2.33. The normalized spacial score (nSPS) is 11.9. The van der Waals surface area contributed by atoms with Gasteiger partial charge in [-0.05, 0) is 53.6 Å². The smallest absolute Gasteiger partial charge is 0.350 e. The Bertz CT molecular complexity index is 2110. The van der Waals surface area contributed by atoms with Crippen molar-refractivity contribution in [3.05, 3.63) is 114 Å². The van der Waals surface area contributed by atoms with Crippen molar-refractivity contribution >= 4 is 61.0 Å². The third-order valence-corrected chi connectivity index (χ3v) is 9.12. The Morgan fingerprint density at radius 2 is 1.66 bits per heavy atom. The lowest BCUT2D eigenvalue weighted by atomic mass is 10.0. The zero-order valence-electron chi connectivity index (χ0n) is 25.6. The van der Waals surface area contributed by atoms with Gasteiger partial charge in [0.1, 0.15) is 10.7 Å². The Labute approximate surface area is 271 Å². The molecule has 5 aromatic rings. The van der Waals surface area contributed by atoms with Gasteiger partial charge in [-0.3, -0.25) is 20.0 Å². The Morgan fingerprint density at radius 1 is 0.957 bits per heavy atom. The van der Waals surface area contributed by atoms with Gasteiger partial charge in [0.15, 0.2) is 0 Å². The lowest BCUT2D eigenvalue weighted by molar-refractivity contribution is -0.146. The SMILES string of the molecule is CCOC(=O)C(NC(C)=O)N(c1ccc2c(C(=O)NCc3ccc(C(=N)N)cc3)cccc2c1)S(=O)(=O)c1cccc2cccnc12. The first kappa shape index (κ1) is 32.6. The predicted molar refractivity (Wildman–Crippen MR) is 178 cm³/mol. The fourth-order valence-electron chi connectivity index (χ4n) is 5.13. The molecular formula is C34H32N6O6S. The molecule has 47 heavy (non-hydrogen) atoms. The number of anilines is 1. The number of nitrogens with one attached hydrogen (secondary N) is 3. The largest absolute Gasteiger partial charge is 0.463 e. The van der Waals surface area contributed by atoms with Crippen LogP contribution in [0.3, 0.4) is 0 Å². The molecule has 2 amide bonds. The van der Waals surface area contributed by atoms with E-state index in [0.29, 0.717) is 27.3 Å². The van der Waals surface area contributed by atoms with Gasteiger partial charge in [-0.15, -0.1) is 0 Å². The Hall–Kier alpha value is -5.82. The molecule has 4 aromatic carbocycles. The van der Waals surface area contributed by atoms with Crippen LogP contribution in [0.5, 0.6) is 0 Å². The van der Waals surface area contributed by atoms with Crippen LogP contribution in [0, 0.1) is 5.41 Å². The summed E-state index contributed by atoms with van der Waals surface area (Å²) in [5, 5.41) is 14.4. The van der Waals surface area contributed by atoms with Crippen LogP contribution in [-0.2, 0) is 30.9 Å². The fraction of sp³-hybridized carbons (Fsp3) is 0.147. The van der Waals surface area contributed by atoms with Crippen molar-refractivity contribution in [1.82, 2.24) is 15.6 Å². The van der Waals surface area contributed by atoms with Crippen molar-refractivity contribution in [1.29, 1.82) is 5.41 Å². The van der Waals surface area contributed by atoms with Crippen LogP contribution in [0.25, 0.3) is 21.7 Å². The lowest BCUT2D eigenvalue weighted by Crippen LogP contribution is -2.55. The number of nitrogen functional groups attached to an aromatic ring is 1. The summed E-state index contributed by atoms with van der Waals surface area (Å²) in [5.74, 6) is -2.06. The molecule has 0 spiro atoms. The third kappa shape index (κ3) is 6.89. The van der Waals surface area contributed by atoms with E-state index in [1.807, 2.05) is 0 Å². The highest BCUT2D eigenvalue weighted by atomic mass is 32.2. The molecule has 0 radical (unpaired) electrons. The molecule has 0 aliphatic rings. The standard InChI is InChI=1S/C34H32N6O6S/c1-3-46-34(43)32(39-21(2)41)40(47(44,45)29-11-5-7-23-9-6-18-37-30(23)29)26-16-17-27-25(19-26)8-4-10-28(27)33(42)38-20-22-12-14-24(15-13-22)31(35)36/h4-19,32H,3,20H2,1-2H3,(H3,35,36)(H,38,42)(H,39,41). The predicted octanol–water partition coefficient (Wildman–Crippen LogP) is 3.82. The van der Waals surface area contributed by atoms with E-state index in [2.05, 4.69) is 15.6 Å². The molecular weight excluding hydrogens is 620 g/mol. The maximum absolute atomic E-state index is 14.5. The Morgan fingerprint density at radius 3 is 2.36 bits per heavy atom. The molecule has 0 aliphatic heterocycles. The molecule has 1 unspecified atom stereocenters. The number of pyridine rings is 1. The van der Waals surface area contributed by atoms with Gasteiger partial charge >= 0.3 is 5.97 Å². The number of amides is 2. The maximum Gasteiger partial charge on any atom is 0.350 e. The van der Waals surface area contributed by atoms with Crippen LogP contribution in [0.15, 0.2) is 102 Å². The van der Waals surface area contributed by atoms with E-state index in [-0.39, 0.29) is 41.0 Å². The van der Waals surface area contributed by atoms with Gasteiger partial charge in [-0.2, -0.15) is 0 Å². The summed E-state index contributed by atoms with van der Waals surface area (Å²) < 4.78 is 35.0. The van der Waals surface area contributed by atoms with E-state index in [4.69, 9.17) is 15.9 Å². The van der Waals surface area contributed by atoms with Crippen LogP contribution in [0.2, 0.25) is 0 Å². The Kier molecular flexibility index (Phi) is 9.47. The molecule has 0 aliphatic carbocycles. The monoisotopic (exact) mass is 652 g/mol. The molecule has 13 heteroatoms. The van der Waals surface area contributed by atoms with Crippen molar-refractivity contribution in [2.75, 3.05) is 10.9 Å². The van der Waals surface area contributed by atoms with Gasteiger partial charge in [0, 0.05) is 36.2 Å². The minimum absolute atomic E-state index is 0.0420. The molecule has 1 atom stereocenters. The summed E-state index contributed by atoms with van der Waals surface area (Å²) in [6.07, 6.45) is -0.290. The lowest BCUT2D eigenvalue weighted by Gasteiger charge is -2.31. The molecule has 1 heterocycles. The van der Waals surface area contributed by atoms with Crippen LogP contribution in [-0.4, -0.2) is 49.8 Å². The molecule has 240 valence electrons. The summed E-state index contributed by atoms with van der Waals surface area (Å²) in [6.45, 7) is 2.89. The number of amidine groups is 1. The van der Waals surface area contributed by atoms with E-state index < -0.39 is 28.1 Å².